The third-order valence-electron chi connectivity index (χ3n) is 4.31. The Kier molecular flexibility index (Phi) is 5.91. The summed E-state index contributed by atoms with van der Waals surface area (Å²) in [6, 6.07) is 7.36. The fourth-order valence-electron chi connectivity index (χ4n) is 2.97. The molecule has 0 atom stereocenters. The van der Waals surface area contributed by atoms with Gasteiger partial charge in [0.05, 0.1) is 12.2 Å². The molecule has 2 aromatic rings. The first kappa shape index (κ1) is 19.1. The van der Waals surface area contributed by atoms with Crippen molar-refractivity contribution in [1.29, 1.82) is 0 Å². The zero-order chi connectivity index (χ0) is 19.4. The molecule has 8 heteroatoms. The minimum absolute atomic E-state index is 0.00195. The zero-order valence-electron chi connectivity index (χ0n) is 14.8. The maximum atomic E-state index is 14.0. The maximum absolute atomic E-state index is 14.0. The number of piperazine rings is 1. The molecule has 0 bridgehead atoms. The van der Waals surface area contributed by atoms with Gasteiger partial charge in [-0.05, 0) is 37.3 Å². The lowest BCUT2D eigenvalue weighted by Crippen LogP contribution is -2.49. The molecule has 1 fully saturated rings. The van der Waals surface area contributed by atoms with Gasteiger partial charge in [0.1, 0.15) is 17.2 Å². The highest BCUT2D eigenvalue weighted by molar-refractivity contribution is 6.30. The Labute approximate surface area is 161 Å². The van der Waals surface area contributed by atoms with Crippen LogP contribution < -0.4 is 4.90 Å². The molecule has 1 aromatic heterocycles. The monoisotopic (exact) mass is 391 g/mol. The van der Waals surface area contributed by atoms with Crippen LogP contribution in [0.1, 0.15) is 27.6 Å². The Bertz CT molecular complexity index is 854. The fourth-order valence-corrected chi connectivity index (χ4v) is 3.13. The summed E-state index contributed by atoms with van der Waals surface area (Å²) in [6.07, 6.45) is 1.61. The number of esters is 1. The van der Waals surface area contributed by atoms with Gasteiger partial charge < -0.3 is 14.5 Å². The average molecular weight is 392 g/mol. The van der Waals surface area contributed by atoms with Gasteiger partial charge in [-0.3, -0.25) is 4.79 Å². The summed E-state index contributed by atoms with van der Waals surface area (Å²) in [5, 5.41) is 0.246. The SMILES string of the molecule is CCOC(=O)c1cccnc1N1CCN(C(=O)c2ccc(Cl)cc2F)CC1. The first-order valence-corrected chi connectivity index (χ1v) is 9.00. The molecule has 0 saturated carbocycles. The van der Waals surface area contributed by atoms with Gasteiger partial charge in [-0.15, -0.1) is 0 Å². The van der Waals surface area contributed by atoms with Crippen molar-refractivity contribution in [1.82, 2.24) is 9.88 Å². The average Bonchev–Trinajstić information content (AvgIpc) is 2.68. The van der Waals surface area contributed by atoms with Crippen LogP contribution in [0, 0.1) is 5.82 Å². The van der Waals surface area contributed by atoms with Crippen LogP contribution in [-0.4, -0.2) is 54.5 Å². The van der Waals surface area contributed by atoms with Crippen LogP contribution >= 0.6 is 11.6 Å². The van der Waals surface area contributed by atoms with Crippen LogP contribution in [0.5, 0.6) is 0 Å². The Morgan fingerprint density at radius 1 is 1.19 bits per heavy atom. The molecular formula is C19H19ClFN3O3. The molecule has 0 radical (unpaired) electrons. The number of amides is 1. The number of carbonyl (C=O) groups excluding carboxylic acids is 2. The van der Waals surface area contributed by atoms with Crippen LogP contribution in [0.3, 0.4) is 0 Å². The van der Waals surface area contributed by atoms with Crippen LogP contribution in [0.15, 0.2) is 36.5 Å². The van der Waals surface area contributed by atoms with Crippen LogP contribution in [0.4, 0.5) is 10.2 Å². The number of nitrogens with zero attached hydrogens (tertiary/aromatic N) is 3. The predicted octanol–water partition coefficient (Wildman–Crippen LogP) is 3.01. The summed E-state index contributed by atoms with van der Waals surface area (Å²) in [5.41, 5.74) is 0.390. The summed E-state index contributed by atoms with van der Waals surface area (Å²) in [7, 11) is 0. The topological polar surface area (TPSA) is 62.7 Å². The molecular weight excluding hydrogens is 373 g/mol. The number of hydrogen-bond donors (Lipinski definition) is 0. The van der Waals surface area contributed by atoms with E-state index in [9.17, 15) is 14.0 Å². The van der Waals surface area contributed by atoms with Crippen molar-refractivity contribution in [2.24, 2.45) is 0 Å². The fraction of sp³-hybridized carbons (Fsp3) is 0.316. The van der Waals surface area contributed by atoms with Gasteiger partial charge >= 0.3 is 5.97 Å². The minimum atomic E-state index is -0.635. The van der Waals surface area contributed by atoms with Gasteiger partial charge in [0.25, 0.3) is 5.91 Å². The molecule has 1 aromatic carbocycles. The lowest BCUT2D eigenvalue weighted by Gasteiger charge is -2.36. The molecule has 6 nitrogen and oxygen atoms in total. The van der Waals surface area contributed by atoms with Gasteiger partial charge in [-0.2, -0.15) is 0 Å². The van der Waals surface area contributed by atoms with E-state index < -0.39 is 11.8 Å². The van der Waals surface area contributed by atoms with Crippen LogP contribution in [0.2, 0.25) is 5.02 Å². The predicted molar refractivity (Wildman–Crippen MR) is 99.7 cm³/mol. The van der Waals surface area contributed by atoms with E-state index >= 15 is 0 Å². The largest absolute Gasteiger partial charge is 0.462 e. The Morgan fingerprint density at radius 2 is 1.93 bits per heavy atom. The van der Waals surface area contributed by atoms with Gasteiger partial charge in [-0.1, -0.05) is 11.6 Å². The Morgan fingerprint density at radius 3 is 2.59 bits per heavy atom. The first-order chi connectivity index (χ1) is 13.0. The number of benzene rings is 1. The lowest BCUT2D eigenvalue weighted by atomic mass is 10.1. The normalized spacial score (nSPS) is 14.2. The molecule has 3 rings (SSSR count). The van der Waals surface area contributed by atoms with E-state index in [0.29, 0.717) is 37.6 Å². The lowest BCUT2D eigenvalue weighted by molar-refractivity contribution is 0.0525. The highest BCUT2D eigenvalue weighted by Crippen LogP contribution is 2.22. The Balaban J connectivity index is 1.71. The Hall–Kier alpha value is -2.67. The summed E-state index contributed by atoms with van der Waals surface area (Å²) < 4.78 is 19.1. The van der Waals surface area contributed by atoms with Crippen molar-refractivity contribution in [2.75, 3.05) is 37.7 Å². The molecule has 1 amide bonds. The molecule has 0 spiro atoms. The third-order valence-corrected chi connectivity index (χ3v) is 4.55. The van der Waals surface area contributed by atoms with E-state index in [1.165, 1.54) is 12.1 Å². The quantitative estimate of drug-likeness (QED) is 0.750. The second-order valence-corrected chi connectivity index (χ2v) is 6.43. The molecule has 1 saturated heterocycles. The van der Waals surface area contributed by atoms with E-state index in [4.69, 9.17) is 16.3 Å². The standard InChI is InChI=1S/C19H19ClFN3O3/c1-2-27-19(26)15-4-3-7-22-17(15)23-8-10-24(11-9-23)18(25)14-6-5-13(20)12-16(14)21/h3-7,12H,2,8-11H2,1H3. The number of carbonyl (C=O) groups is 2. The van der Waals surface area contributed by atoms with Crippen LogP contribution in [0.25, 0.3) is 0 Å². The number of ether oxygens (including phenoxy) is 1. The van der Waals surface area contributed by atoms with Gasteiger partial charge in [0.2, 0.25) is 0 Å². The smallest absolute Gasteiger partial charge is 0.341 e. The molecule has 142 valence electrons. The van der Waals surface area contributed by atoms with E-state index in [0.717, 1.165) is 6.07 Å². The van der Waals surface area contributed by atoms with Crippen molar-refractivity contribution in [2.45, 2.75) is 6.92 Å². The minimum Gasteiger partial charge on any atom is -0.462 e. The number of anilines is 1. The van der Waals surface area contributed by atoms with Crippen LogP contribution in [-0.2, 0) is 4.74 Å². The summed E-state index contributed by atoms with van der Waals surface area (Å²) >= 11 is 5.74. The molecule has 1 aliphatic rings. The molecule has 1 aliphatic heterocycles. The molecule has 0 N–H and O–H groups in total. The highest BCUT2D eigenvalue weighted by atomic mass is 35.5. The molecule has 0 unspecified atom stereocenters. The summed E-state index contributed by atoms with van der Waals surface area (Å²) in [4.78, 5) is 32.5. The van der Waals surface area contributed by atoms with Crippen molar-refractivity contribution in [3.8, 4) is 0 Å². The van der Waals surface area contributed by atoms with Gasteiger partial charge in [-0.25, -0.2) is 14.2 Å². The van der Waals surface area contributed by atoms with E-state index in [1.807, 2.05) is 4.90 Å². The number of rotatable bonds is 4. The van der Waals surface area contributed by atoms with Crippen molar-refractivity contribution >= 4 is 29.3 Å². The van der Waals surface area contributed by atoms with E-state index in [2.05, 4.69) is 4.98 Å². The van der Waals surface area contributed by atoms with Gasteiger partial charge in [0, 0.05) is 37.4 Å². The summed E-state index contributed by atoms with van der Waals surface area (Å²) in [5.74, 6) is -0.914. The molecule has 0 aliphatic carbocycles. The highest BCUT2D eigenvalue weighted by Gasteiger charge is 2.27. The zero-order valence-corrected chi connectivity index (χ0v) is 15.6. The number of halogens is 2. The maximum Gasteiger partial charge on any atom is 0.341 e. The molecule has 2 heterocycles. The molecule has 27 heavy (non-hydrogen) atoms. The first-order valence-electron chi connectivity index (χ1n) is 8.62. The number of hydrogen-bond acceptors (Lipinski definition) is 5. The summed E-state index contributed by atoms with van der Waals surface area (Å²) in [6.45, 7) is 3.75. The second kappa shape index (κ2) is 8.35. The van der Waals surface area contributed by atoms with Gasteiger partial charge in [0.15, 0.2) is 0 Å². The van der Waals surface area contributed by atoms with E-state index in [-0.39, 0.29) is 23.1 Å². The van der Waals surface area contributed by atoms with Crippen molar-refractivity contribution in [3.63, 3.8) is 0 Å². The number of pyridine rings is 1. The number of aromatic nitrogens is 1. The second-order valence-electron chi connectivity index (χ2n) is 6.00. The van der Waals surface area contributed by atoms with Crippen molar-refractivity contribution < 1.29 is 18.7 Å². The third kappa shape index (κ3) is 4.19. The van der Waals surface area contributed by atoms with Crippen molar-refractivity contribution in [3.05, 3.63) is 58.5 Å². The van der Waals surface area contributed by atoms with E-state index in [1.54, 1.807) is 30.2 Å².